The Hall–Kier alpha value is -1.36. The summed E-state index contributed by atoms with van der Waals surface area (Å²) in [5.41, 5.74) is 0. The first-order valence-electron chi connectivity index (χ1n) is 7.34. The molecule has 0 heterocycles. The number of carboxylic acids is 1. The van der Waals surface area contributed by atoms with Crippen LogP contribution in [0, 0.1) is 0 Å². The lowest BCUT2D eigenvalue weighted by Crippen LogP contribution is -2.26. The molecule has 0 unspecified atom stereocenters. The molecule has 2 N–H and O–H groups in total. The minimum absolute atomic E-state index is 0.0352. The van der Waals surface area contributed by atoms with E-state index in [9.17, 15) is 9.59 Å². The number of ether oxygens (including phenoxy) is 1. The van der Waals surface area contributed by atoms with Crippen molar-refractivity contribution in [2.24, 2.45) is 0 Å². The van der Waals surface area contributed by atoms with Gasteiger partial charge in [0.15, 0.2) is 0 Å². The summed E-state index contributed by atoms with van der Waals surface area (Å²) in [4.78, 5) is 21.6. The molecule has 5 nitrogen and oxygen atoms in total. The second kappa shape index (κ2) is 14.1. The van der Waals surface area contributed by atoms with Gasteiger partial charge in [0.2, 0.25) is 5.91 Å². The highest BCUT2D eigenvalue weighted by atomic mass is 16.5. The quantitative estimate of drug-likeness (QED) is 0.292. The minimum atomic E-state index is -0.899. The van der Waals surface area contributed by atoms with E-state index in [1.165, 1.54) is 25.7 Å². The van der Waals surface area contributed by atoms with Crippen molar-refractivity contribution >= 4 is 11.9 Å². The van der Waals surface area contributed by atoms with Crippen LogP contribution in [0.3, 0.4) is 0 Å². The Kier molecular flexibility index (Phi) is 13.1. The zero-order valence-electron chi connectivity index (χ0n) is 12.2. The van der Waals surface area contributed by atoms with E-state index in [1.54, 1.807) is 0 Å². The highest BCUT2D eigenvalue weighted by molar-refractivity contribution is 5.75. The molecule has 20 heavy (non-hydrogen) atoms. The molecule has 0 saturated heterocycles. The van der Waals surface area contributed by atoms with E-state index in [1.807, 2.05) is 6.08 Å². The van der Waals surface area contributed by atoms with Crippen molar-refractivity contribution in [1.82, 2.24) is 5.32 Å². The zero-order chi connectivity index (χ0) is 15.1. The maximum Gasteiger partial charge on any atom is 0.305 e. The summed E-state index contributed by atoms with van der Waals surface area (Å²) in [6.45, 7) is 3.90. The van der Waals surface area contributed by atoms with Gasteiger partial charge in [-0.25, -0.2) is 0 Å². The molecule has 0 atom stereocenters. The van der Waals surface area contributed by atoms with Crippen LogP contribution in [0.25, 0.3) is 0 Å². The highest BCUT2D eigenvalue weighted by Gasteiger charge is 2.01. The van der Waals surface area contributed by atoms with Gasteiger partial charge in [0, 0.05) is 6.42 Å². The number of hydrogen-bond acceptors (Lipinski definition) is 3. The molecule has 0 aliphatic rings. The van der Waals surface area contributed by atoms with Gasteiger partial charge in [-0.05, 0) is 19.3 Å². The van der Waals surface area contributed by atoms with Crippen LogP contribution < -0.4 is 5.32 Å². The molecule has 116 valence electrons. The van der Waals surface area contributed by atoms with Gasteiger partial charge in [-0.15, -0.1) is 6.58 Å². The van der Waals surface area contributed by atoms with Gasteiger partial charge in [0.25, 0.3) is 0 Å². The number of amides is 1. The largest absolute Gasteiger partial charge is 0.481 e. The number of rotatable bonds is 14. The maximum atomic E-state index is 11.4. The smallest absolute Gasteiger partial charge is 0.305 e. The van der Waals surface area contributed by atoms with Gasteiger partial charge in [0.05, 0.1) is 13.0 Å². The maximum absolute atomic E-state index is 11.4. The zero-order valence-corrected chi connectivity index (χ0v) is 12.2. The molecule has 0 spiro atoms. The molecule has 0 radical (unpaired) electrons. The molecule has 0 aromatic carbocycles. The Labute approximate surface area is 121 Å². The molecule has 0 aliphatic heterocycles. The monoisotopic (exact) mass is 285 g/mol. The Bertz CT molecular complexity index is 279. The minimum Gasteiger partial charge on any atom is -0.481 e. The number of carbonyl (C=O) groups excluding carboxylic acids is 1. The van der Waals surface area contributed by atoms with E-state index in [0.29, 0.717) is 6.42 Å². The van der Waals surface area contributed by atoms with Crippen molar-refractivity contribution in [3.63, 3.8) is 0 Å². The standard InChI is InChI=1S/C15H27NO4/c1-2-3-4-5-6-7-8-9-10-14(17)16-13-20-12-11-15(18)19/h2H,1,3-13H2,(H,16,17)(H,18,19). The fraction of sp³-hybridized carbons (Fsp3) is 0.733. The van der Waals surface area contributed by atoms with Crippen molar-refractivity contribution < 1.29 is 19.4 Å². The Balaban J connectivity index is 3.20. The van der Waals surface area contributed by atoms with Crippen LogP contribution in [0.2, 0.25) is 0 Å². The first kappa shape index (κ1) is 18.6. The van der Waals surface area contributed by atoms with Crippen molar-refractivity contribution in [1.29, 1.82) is 0 Å². The lowest BCUT2D eigenvalue weighted by atomic mass is 10.1. The van der Waals surface area contributed by atoms with Crippen LogP contribution in [0.15, 0.2) is 12.7 Å². The van der Waals surface area contributed by atoms with Gasteiger partial charge < -0.3 is 15.2 Å². The number of hydrogen-bond donors (Lipinski definition) is 2. The normalized spacial score (nSPS) is 10.2. The van der Waals surface area contributed by atoms with Crippen molar-refractivity contribution in [3.8, 4) is 0 Å². The van der Waals surface area contributed by atoms with E-state index in [0.717, 1.165) is 19.3 Å². The van der Waals surface area contributed by atoms with Crippen LogP contribution in [0.1, 0.15) is 57.8 Å². The van der Waals surface area contributed by atoms with Gasteiger partial charge in [-0.3, -0.25) is 9.59 Å². The summed E-state index contributed by atoms with van der Waals surface area (Å²) in [6.07, 6.45) is 10.3. The van der Waals surface area contributed by atoms with E-state index in [2.05, 4.69) is 11.9 Å². The average Bonchev–Trinajstić information content (AvgIpc) is 2.41. The predicted octanol–water partition coefficient (Wildman–Crippen LogP) is 2.86. The summed E-state index contributed by atoms with van der Waals surface area (Å²) >= 11 is 0. The molecule has 0 aromatic rings. The molecule has 5 heteroatoms. The van der Waals surface area contributed by atoms with E-state index >= 15 is 0 Å². The average molecular weight is 285 g/mol. The Morgan fingerprint density at radius 2 is 1.70 bits per heavy atom. The second-order valence-corrected chi connectivity index (χ2v) is 4.74. The van der Waals surface area contributed by atoms with Crippen LogP contribution in [-0.4, -0.2) is 30.3 Å². The topological polar surface area (TPSA) is 75.6 Å². The lowest BCUT2D eigenvalue weighted by Gasteiger charge is -2.05. The van der Waals surface area contributed by atoms with E-state index < -0.39 is 5.97 Å². The first-order chi connectivity index (χ1) is 9.66. The third-order valence-electron chi connectivity index (χ3n) is 2.89. The summed E-state index contributed by atoms with van der Waals surface area (Å²) in [6, 6.07) is 0. The molecule has 0 aromatic heterocycles. The molecule has 0 bridgehead atoms. The first-order valence-corrected chi connectivity index (χ1v) is 7.34. The summed E-state index contributed by atoms with van der Waals surface area (Å²) in [5, 5.41) is 11.0. The summed E-state index contributed by atoms with van der Waals surface area (Å²) < 4.78 is 4.98. The summed E-state index contributed by atoms with van der Waals surface area (Å²) in [7, 11) is 0. The molecule has 0 aliphatic carbocycles. The van der Waals surface area contributed by atoms with Crippen LogP contribution >= 0.6 is 0 Å². The third-order valence-corrected chi connectivity index (χ3v) is 2.89. The lowest BCUT2D eigenvalue weighted by molar-refractivity contribution is -0.138. The molecule has 0 rings (SSSR count). The molecule has 0 saturated carbocycles. The second-order valence-electron chi connectivity index (χ2n) is 4.74. The van der Waals surface area contributed by atoms with Crippen LogP contribution in [0.5, 0.6) is 0 Å². The van der Waals surface area contributed by atoms with E-state index in [-0.39, 0.29) is 25.7 Å². The fourth-order valence-corrected chi connectivity index (χ4v) is 1.73. The number of aliphatic carboxylic acids is 1. The number of nitrogens with one attached hydrogen (secondary N) is 1. The SMILES string of the molecule is C=CCCCCCCCCC(=O)NCOCCC(=O)O. The third kappa shape index (κ3) is 14.7. The van der Waals surface area contributed by atoms with Gasteiger partial charge in [0.1, 0.15) is 6.73 Å². The van der Waals surface area contributed by atoms with Crippen molar-refractivity contribution in [2.75, 3.05) is 13.3 Å². The van der Waals surface area contributed by atoms with Gasteiger partial charge >= 0.3 is 5.97 Å². The molecular weight excluding hydrogens is 258 g/mol. The van der Waals surface area contributed by atoms with Gasteiger partial charge in [-0.2, -0.15) is 0 Å². The number of allylic oxidation sites excluding steroid dienone is 1. The van der Waals surface area contributed by atoms with Crippen molar-refractivity contribution in [2.45, 2.75) is 57.8 Å². The van der Waals surface area contributed by atoms with Gasteiger partial charge in [-0.1, -0.05) is 31.8 Å². The Morgan fingerprint density at radius 1 is 1.05 bits per heavy atom. The summed E-state index contributed by atoms with van der Waals surface area (Å²) in [5.74, 6) is -0.934. The van der Waals surface area contributed by atoms with Crippen molar-refractivity contribution in [3.05, 3.63) is 12.7 Å². The number of unbranched alkanes of at least 4 members (excludes halogenated alkanes) is 6. The molecular formula is C15H27NO4. The number of carboxylic acid groups (broad SMARTS) is 1. The van der Waals surface area contributed by atoms with E-state index in [4.69, 9.17) is 9.84 Å². The number of carbonyl (C=O) groups is 2. The molecule has 0 fully saturated rings. The fourth-order valence-electron chi connectivity index (χ4n) is 1.73. The highest BCUT2D eigenvalue weighted by Crippen LogP contribution is 2.08. The predicted molar refractivity (Wildman–Crippen MR) is 78.3 cm³/mol. The van der Waals surface area contributed by atoms with Crippen LogP contribution in [0.4, 0.5) is 0 Å². The molecule has 1 amide bonds. The Morgan fingerprint density at radius 3 is 2.35 bits per heavy atom. The van der Waals surface area contributed by atoms with Crippen LogP contribution in [-0.2, 0) is 14.3 Å².